The maximum atomic E-state index is 8.78. The van der Waals surface area contributed by atoms with E-state index in [1.54, 1.807) is 12.4 Å². The third-order valence-corrected chi connectivity index (χ3v) is 3.81. The van der Waals surface area contributed by atoms with Gasteiger partial charge in [0.05, 0.1) is 11.4 Å². The summed E-state index contributed by atoms with van der Waals surface area (Å²) in [5, 5.41) is 25.5. The third-order valence-electron chi connectivity index (χ3n) is 3.81. The number of hydrogen-bond donors (Lipinski definition) is 5. The standard InChI is InChI=1S/C19H26N6O/c1-14-10-15(4-5-16(14)12-21-2)18-6-8-23-19(25-18)24-17(11-20)13-22-7-3-9-26/h4-6,8,10-11,13,20-22,26H,3,7,9,12H2,1-2H3,(H,23,24,25)/b17-13+,20-11?. The number of allylic oxidation sites excluding steroid dienone is 1. The van der Waals surface area contributed by atoms with Crippen molar-refractivity contribution in [2.75, 3.05) is 25.5 Å². The second-order valence-corrected chi connectivity index (χ2v) is 5.84. The summed E-state index contributed by atoms with van der Waals surface area (Å²) in [4.78, 5) is 8.76. The van der Waals surface area contributed by atoms with Crippen LogP contribution in [0.4, 0.5) is 5.95 Å². The quantitative estimate of drug-likeness (QED) is 0.330. The first kappa shape index (κ1) is 19.6. The van der Waals surface area contributed by atoms with E-state index in [1.807, 2.05) is 13.1 Å². The van der Waals surface area contributed by atoms with Crippen molar-refractivity contribution >= 4 is 12.2 Å². The molecule has 0 saturated carbocycles. The van der Waals surface area contributed by atoms with Crippen molar-refractivity contribution in [1.29, 1.82) is 5.41 Å². The Kier molecular flexibility index (Phi) is 7.73. The Morgan fingerprint density at radius 2 is 2.15 bits per heavy atom. The van der Waals surface area contributed by atoms with Crippen molar-refractivity contribution in [1.82, 2.24) is 20.6 Å². The Bertz CT molecular complexity index is 759. The lowest BCUT2D eigenvalue weighted by Gasteiger charge is -2.10. The zero-order chi connectivity index (χ0) is 18.8. The first-order valence-corrected chi connectivity index (χ1v) is 8.57. The number of nitrogens with one attached hydrogen (secondary N) is 4. The van der Waals surface area contributed by atoms with Crippen molar-refractivity contribution in [2.45, 2.75) is 19.9 Å². The Labute approximate surface area is 154 Å². The van der Waals surface area contributed by atoms with Crippen LogP contribution in [0.2, 0.25) is 0 Å². The van der Waals surface area contributed by atoms with Gasteiger partial charge in [0.25, 0.3) is 0 Å². The van der Waals surface area contributed by atoms with Crippen LogP contribution in [0.3, 0.4) is 0 Å². The summed E-state index contributed by atoms with van der Waals surface area (Å²) in [6, 6.07) is 8.13. The number of anilines is 1. The first-order chi connectivity index (χ1) is 12.7. The van der Waals surface area contributed by atoms with Gasteiger partial charge in [0.15, 0.2) is 0 Å². The van der Waals surface area contributed by atoms with E-state index in [-0.39, 0.29) is 6.61 Å². The molecule has 0 radical (unpaired) electrons. The molecule has 1 aromatic heterocycles. The molecule has 0 aliphatic rings. The number of hydrogen-bond acceptors (Lipinski definition) is 7. The smallest absolute Gasteiger partial charge is 0.227 e. The molecule has 0 aliphatic carbocycles. The highest BCUT2D eigenvalue weighted by Crippen LogP contribution is 2.21. The molecule has 1 heterocycles. The van der Waals surface area contributed by atoms with E-state index in [9.17, 15) is 0 Å². The highest BCUT2D eigenvalue weighted by Gasteiger charge is 2.06. The van der Waals surface area contributed by atoms with Crippen molar-refractivity contribution in [3.8, 4) is 11.3 Å². The Balaban J connectivity index is 2.14. The van der Waals surface area contributed by atoms with Gasteiger partial charge in [0.2, 0.25) is 5.95 Å². The van der Waals surface area contributed by atoms with Gasteiger partial charge in [-0.2, -0.15) is 0 Å². The van der Waals surface area contributed by atoms with Crippen molar-refractivity contribution in [3.63, 3.8) is 0 Å². The molecule has 138 valence electrons. The molecule has 26 heavy (non-hydrogen) atoms. The molecular formula is C19H26N6O. The van der Waals surface area contributed by atoms with Crippen LogP contribution < -0.4 is 16.0 Å². The maximum Gasteiger partial charge on any atom is 0.227 e. The van der Waals surface area contributed by atoms with Crippen LogP contribution in [0, 0.1) is 12.3 Å². The molecule has 7 nitrogen and oxygen atoms in total. The van der Waals surface area contributed by atoms with E-state index < -0.39 is 0 Å². The predicted molar refractivity (Wildman–Crippen MR) is 105 cm³/mol. The molecule has 1 aromatic carbocycles. The third kappa shape index (κ3) is 5.65. The number of benzene rings is 1. The first-order valence-electron chi connectivity index (χ1n) is 8.57. The molecule has 0 spiro atoms. The average Bonchev–Trinajstić information content (AvgIpc) is 2.66. The topological polar surface area (TPSA) is 106 Å². The highest BCUT2D eigenvalue weighted by molar-refractivity contribution is 5.79. The molecule has 7 heteroatoms. The molecule has 0 unspecified atom stereocenters. The van der Waals surface area contributed by atoms with Gasteiger partial charge in [-0.15, -0.1) is 0 Å². The van der Waals surface area contributed by atoms with E-state index in [0.717, 1.165) is 17.8 Å². The summed E-state index contributed by atoms with van der Waals surface area (Å²) >= 11 is 0. The normalized spacial score (nSPS) is 11.3. The zero-order valence-corrected chi connectivity index (χ0v) is 15.2. The van der Waals surface area contributed by atoms with Gasteiger partial charge in [-0.05, 0) is 43.7 Å². The van der Waals surface area contributed by atoms with Crippen LogP contribution in [-0.2, 0) is 6.54 Å². The van der Waals surface area contributed by atoms with Crippen LogP contribution in [0.5, 0.6) is 0 Å². The summed E-state index contributed by atoms with van der Waals surface area (Å²) < 4.78 is 0. The minimum absolute atomic E-state index is 0.131. The Morgan fingerprint density at radius 1 is 1.31 bits per heavy atom. The number of aliphatic hydroxyl groups is 1. The zero-order valence-electron chi connectivity index (χ0n) is 15.2. The molecule has 0 bridgehead atoms. The van der Waals surface area contributed by atoms with Gasteiger partial charge in [-0.3, -0.25) is 0 Å². The maximum absolute atomic E-state index is 8.78. The van der Waals surface area contributed by atoms with Gasteiger partial charge in [-0.1, -0.05) is 12.1 Å². The fraction of sp³-hybridized carbons (Fsp3) is 0.316. The number of rotatable bonds is 10. The number of nitrogens with zero attached hydrogens (tertiary/aromatic N) is 2. The van der Waals surface area contributed by atoms with E-state index in [2.05, 4.69) is 51.0 Å². The summed E-state index contributed by atoms with van der Waals surface area (Å²) in [5.41, 5.74) is 4.85. The molecule has 5 N–H and O–H groups in total. The molecule has 0 atom stereocenters. The molecule has 2 rings (SSSR count). The molecular weight excluding hydrogens is 328 g/mol. The van der Waals surface area contributed by atoms with Crippen LogP contribution in [0.1, 0.15) is 17.5 Å². The minimum atomic E-state index is 0.131. The molecule has 0 fully saturated rings. The summed E-state index contributed by atoms with van der Waals surface area (Å²) in [7, 11) is 1.93. The fourth-order valence-corrected chi connectivity index (χ4v) is 2.43. The van der Waals surface area contributed by atoms with Crippen molar-refractivity contribution in [2.24, 2.45) is 0 Å². The van der Waals surface area contributed by atoms with Gasteiger partial charge >= 0.3 is 0 Å². The second kappa shape index (κ2) is 10.3. The predicted octanol–water partition coefficient (Wildman–Crippen LogP) is 2.05. The molecule has 2 aromatic rings. The fourth-order valence-electron chi connectivity index (χ4n) is 2.43. The summed E-state index contributed by atoms with van der Waals surface area (Å²) in [6.45, 7) is 3.68. The van der Waals surface area contributed by atoms with Gasteiger partial charge in [0, 0.05) is 43.9 Å². The van der Waals surface area contributed by atoms with Crippen LogP contribution in [0.15, 0.2) is 42.4 Å². The van der Waals surface area contributed by atoms with E-state index in [1.165, 1.54) is 17.3 Å². The van der Waals surface area contributed by atoms with E-state index >= 15 is 0 Å². The van der Waals surface area contributed by atoms with E-state index in [0.29, 0.717) is 24.6 Å². The molecule has 0 saturated heterocycles. The monoisotopic (exact) mass is 354 g/mol. The lowest BCUT2D eigenvalue weighted by Crippen LogP contribution is -2.13. The van der Waals surface area contributed by atoms with E-state index in [4.69, 9.17) is 10.5 Å². The molecule has 0 aliphatic heterocycles. The van der Waals surface area contributed by atoms with Gasteiger partial charge < -0.3 is 26.5 Å². The van der Waals surface area contributed by atoms with Gasteiger partial charge in [0.1, 0.15) is 0 Å². The van der Waals surface area contributed by atoms with Crippen molar-refractivity contribution in [3.05, 3.63) is 53.5 Å². The van der Waals surface area contributed by atoms with Gasteiger partial charge in [-0.25, -0.2) is 9.97 Å². The number of aromatic nitrogens is 2. The number of aliphatic hydroxyl groups excluding tert-OH is 1. The Hall–Kier alpha value is -2.77. The second-order valence-electron chi connectivity index (χ2n) is 5.84. The SMILES string of the molecule is CNCc1ccc(-c2ccnc(N/C(C=N)=C/NCCCO)n2)cc1C. The lowest BCUT2D eigenvalue weighted by molar-refractivity contribution is 0.288. The lowest BCUT2D eigenvalue weighted by atomic mass is 10.0. The van der Waals surface area contributed by atoms with Crippen molar-refractivity contribution < 1.29 is 5.11 Å². The average molecular weight is 354 g/mol. The van der Waals surface area contributed by atoms with Crippen LogP contribution in [0.25, 0.3) is 11.3 Å². The highest BCUT2D eigenvalue weighted by atomic mass is 16.3. The largest absolute Gasteiger partial charge is 0.396 e. The minimum Gasteiger partial charge on any atom is -0.396 e. The number of aryl methyl sites for hydroxylation is 1. The summed E-state index contributed by atoms with van der Waals surface area (Å²) in [5.74, 6) is 0.429. The van der Waals surface area contributed by atoms with Crippen LogP contribution in [-0.4, -0.2) is 41.5 Å². The summed E-state index contributed by atoms with van der Waals surface area (Å²) in [6.07, 6.45) is 5.22. The molecule has 0 amide bonds. The van der Waals surface area contributed by atoms with Crippen LogP contribution >= 0.6 is 0 Å². The Morgan fingerprint density at radius 3 is 2.85 bits per heavy atom.